The van der Waals surface area contributed by atoms with E-state index in [9.17, 15) is 0 Å². The molecule has 216 valence electrons. The summed E-state index contributed by atoms with van der Waals surface area (Å²) in [6.45, 7) is 3.83. The fraction of sp³-hybridized carbons (Fsp3) is 0.0500. The van der Waals surface area contributed by atoms with E-state index < -0.39 is 0 Å². The molecular formula is C40H35N2O2+. The Balaban J connectivity index is 1.24. The number of aromatic nitrogens is 1. The molecule has 5 rings (SSSR count). The van der Waals surface area contributed by atoms with Crippen LogP contribution in [0.2, 0.25) is 0 Å². The largest absolute Gasteiger partial charge is 0.457 e. The molecule has 1 aromatic heterocycles. The van der Waals surface area contributed by atoms with E-state index in [4.69, 9.17) is 9.47 Å². The smallest absolute Gasteiger partial charge is 0.172 e. The van der Waals surface area contributed by atoms with Gasteiger partial charge < -0.3 is 9.47 Å². The van der Waals surface area contributed by atoms with Gasteiger partial charge in [-0.05, 0) is 46.5 Å². The number of para-hydroxylation sites is 2. The van der Waals surface area contributed by atoms with E-state index in [0.29, 0.717) is 5.76 Å². The maximum absolute atomic E-state index is 6.13. The third kappa shape index (κ3) is 8.17. The topological polar surface area (TPSA) is 34.7 Å². The molecule has 4 aromatic carbocycles. The van der Waals surface area contributed by atoms with Crippen LogP contribution in [0.25, 0.3) is 35.4 Å². The number of pyridine rings is 1. The summed E-state index contributed by atoms with van der Waals surface area (Å²) in [5.41, 5.74) is 6.54. The van der Waals surface area contributed by atoms with Crippen LogP contribution in [0.4, 0.5) is 0 Å². The minimum absolute atomic E-state index is 0.638. The van der Waals surface area contributed by atoms with Gasteiger partial charge >= 0.3 is 0 Å². The number of nitrogens with zero attached hydrogens (tertiary/aromatic N) is 2. The molecule has 0 saturated heterocycles. The Morgan fingerprint density at radius 2 is 1.18 bits per heavy atom. The van der Waals surface area contributed by atoms with E-state index in [1.165, 1.54) is 0 Å². The maximum Gasteiger partial charge on any atom is 0.172 e. The summed E-state index contributed by atoms with van der Waals surface area (Å²) < 4.78 is 14.2. The SMILES string of the molecule is C=C/C(=C\C=NC)Oc1ccccc1/C=C/c1ccc(-c2ccc(/C=C/c3ccccc3Oc3cc[n+](C)cc3)cc2)cc1. The molecule has 0 spiro atoms. The minimum atomic E-state index is 0.638. The molecule has 0 unspecified atom stereocenters. The van der Waals surface area contributed by atoms with Crippen molar-refractivity contribution in [2.45, 2.75) is 0 Å². The zero-order valence-corrected chi connectivity index (χ0v) is 25.0. The second kappa shape index (κ2) is 14.9. The summed E-state index contributed by atoms with van der Waals surface area (Å²) in [6, 6.07) is 37.0. The standard InChI is InChI=1S/C40H35N2O2/c1-4-37(25-28-41-2)43-39-11-7-5-9-35(39)23-17-31-13-19-33(20-14-31)34-21-15-32(16-22-34)18-24-36-10-6-8-12-40(36)44-38-26-29-42(3)30-27-38/h4-30H,1H2,2-3H3/q+1/b23-17+,24-18+,37-25+,41-28?. The van der Waals surface area contributed by atoms with Crippen LogP contribution < -0.4 is 14.0 Å². The summed E-state index contributed by atoms with van der Waals surface area (Å²) in [5, 5.41) is 0. The highest BCUT2D eigenvalue weighted by atomic mass is 16.5. The number of ether oxygens (including phenoxy) is 2. The molecule has 0 aliphatic heterocycles. The first-order valence-corrected chi connectivity index (χ1v) is 14.4. The fourth-order valence-corrected chi connectivity index (χ4v) is 4.47. The Morgan fingerprint density at radius 3 is 1.73 bits per heavy atom. The molecule has 1 heterocycles. The molecule has 5 aromatic rings. The Hall–Kier alpha value is -5.74. The van der Waals surface area contributed by atoms with Crippen molar-refractivity contribution in [1.29, 1.82) is 0 Å². The number of aliphatic imine (C=N–C) groups is 1. The Bertz CT molecular complexity index is 1810. The Kier molecular flexibility index (Phi) is 10.1. The number of hydrogen-bond acceptors (Lipinski definition) is 3. The van der Waals surface area contributed by atoms with Gasteiger partial charge in [-0.2, -0.15) is 0 Å². The lowest BCUT2D eigenvalue weighted by molar-refractivity contribution is -0.671. The van der Waals surface area contributed by atoms with Crippen LogP contribution >= 0.6 is 0 Å². The second-order valence-corrected chi connectivity index (χ2v) is 10.1. The van der Waals surface area contributed by atoms with Crippen molar-refractivity contribution in [1.82, 2.24) is 0 Å². The van der Waals surface area contributed by atoms with Crippen LogP contribution in [0.3, 0.4) is 0 Å². The molecule has 0 bridgehead atoms. The lowest BCUT2D eigenvalue weighted by Crippen LogP contribution is -2.25. The van der Waals surface area contributed by atoms with Gasteiger partial charge in [-0.15, -0.1) is 0 Å². The molecular weight excluding hydrogens is 540 g/mol. The molecule has 0 aliphatic carbocycles. The summed E-state index contributed by atoms with van der Waals surface area (Å²) in [5.74, 6) is 3.02. The first kappa shape index (κ1) is 29.7. The molecule has 4 heteroatoms. The van der Waals surface area contributed by atoms with E-state index >= 15 is 0 Å². The Morgan fingerprint density at radius 1 is 0.659 bits per heavy atom. The maximum atomic E-state index is 6.13. The van der Waals surface area contributed by atoms with Crippen LogP contribution in [-0.4, -0.2) is 13.3 Å². The third-order valence-corrected chi connectivity index (χ3v) is 6.90. The highest BCUT2D eigenvalue weighted by molar-refractivity contribution is 5.77. The lowest BCUT2D eigenvalue weighted by atomic mass is 10.0. The van der Waals surface area contributed by atoms with E-state index in [1.807, 2.05) is 78.6 Å². The van der Waals surface area contributed by atoms with Crippen LogP contribution in [0.5, 0.6) is 17.2 Å². The van der Waals surface area contributed by atoms with Crippen molar-refractivity contribution in [2.75, 3.05) is 7.05 Å². The summed E-state index contributed by atoms with van der Waals surface area (Å²) in [6.07, 6.45) is 17.4. The van der Waals surface area contributed by atoms with E-state index in [1.54, 1.807) is 25.4 Å². The van der Waals surface area contributed by atoms with Crippen LogP contribution in [0, 0.1) is 0 Å². The molecule has 0 amide bonds. The predicted molar refractivity (Wildman–Crippen MR) is 184 cm³/mol. The monoisotopic (exact) mass is 575 g/mol. The highest BCUT2D eigenvalue weighted by Gasteiger charge is 2.05. The lowest BCUT2D eigenvalue weighted by Gasteiger charge is -2.09. The van der Waals surface area contributed by atoms with Gasteiger partial charge in [-0.25, -0.2) is 4.57 Å². The van der Waals surface area contributed by atoms with Crippen LogP contribution in [-0.2, 0) is 7.05 Å². The molecule has 0 N–H and O–H groups in total. The van der Waals surface area contributed by atoms with Gasteiger partial charge in [0.2, 0.25) is 0 Å². The van der Waals surface area contributed by atoms with Gasteiger partial charge in [0.25, 0.3) is 0 Å². The number of benzene rings is 4. The quantitative estimate of drug-likeness (QED) is 0.0517. The van der Waals surface area contributed by atoms with E-state index in [0.717, 1.165) is 50.6 Å². The van der Waals surface area contributed by atoms with Crippen molar-refractivity contribution in [2.24, 2.45) is 12.0 Å². The molecule has 0 saturated carbocycles. The summed E-state index contributed by atoms with van der Waals surface area (Å²) in [4.78, 5) is 3.98. The molecule has 44 heavy (non-hydrogen) atoms. The number of hydrogen-bond donors (Lipinski definition) is 0. The average molecular weight is 576 g/mol. The molecule has 0 fully saturated rings. The van der Waals surface area contributed by atoms with Gasteiger partial charge in [-0.1, -0.05) is 116 Å². The highest BCUT2D eigenvalue weighted by Crippen LogP contribution is 2.28. The van der Waals surface area contributed by atoms with Gasteiger partial charge in [0.1, 0.15) is 30.1 Å². The van der Waals surface area contributed by atoms with Gasteiger partial charge in [-0.3, -0.25) is 4.99 Å². The molecule has 0 atom stereocenters. The second-order valence-electron chi connectivity index (χ2n) is 10.1. The zero-order chi connectivity index (χ0) is 30.6. The first-order valence-electron chi connectivity index (χ1n) is 14.4. The summed E-state index contributed by atoms with van der Waals surface area (Å²) in [7, 11) is 3.71. The normalized spacial score (nSPS) is 11.8. The van der Waals surface area contributed by atoms with Crippen molar-refractivity contribution in [3.63, 3.8) is 0 Å². The minimum Gasteiger partial charge on any atom is -0.457 e. The van der Waals surface area contributed by atoms with E-state index in [2.05, 4.69) is 90.5 Å². The van der Waals surface area contributed by atoms with Crippen molar-refractivity contribution in [3.05, 3.63) is 168 Å². The molecule has 0 aliphatic rings. The molecule has 0 radical (unpaired) electrons. The first-order chi connectivity index (χ1) is 21.6. The number of aryl methyl sites for hydroxylation is 1. The number of rotatable bonds is 11. The van der Waals surface area contributed by atoms with Crippen molar-refractivity contribution < 1.29 is 14.0 Å². The van der Waals surface area contributed by atoms with Gasteiger partial charge in [0, 0.05) is 36.5 Å². The zero-order valence-electron chi connectivity index (χ0n) is 25.0. The fourth-order valence-electron chi connectivity index (χ4n) is 4.47. The van der Waals surface area contributed by atoms with Crippen molar-refractivity contribution >= 4 is 30.5 Å². The van der Waals surface area contributed by atoms with Crippen molar-refractivity contribution in [3.8, 4) is 28.4 Å². The molecule has 4 nitrogen and oxygen atoms in total. The summed E-state index contributed by atoms with van der Waals surface area (Å²) >= 11 is 0. The Labute approximate surface area is 259 Å². The van der Waals surface area contributed by atoms with Gasteiger partial charge in [0.05, 0.1) is 0 Å². The predicted octanol–water partition coefficient (Wildman–Crippen LogP) is 9.46. The van der Waals surface area contributed by atoms with Crippen LogP contribution in [0.15, 0.2) is 151 Å². The van der Waals surface area contributed by atoms with Crippen LogP contribution in [0.1, 0.15) is 22.3 Å². The van der Waals surface area contributed by atoms with E-state index in [-0.39, 0.29) is 0 Å². The number of allylic oxidation sites excluding steroid dienone is 2. The average Bonchev–Trinajstić information content (AvgIpc) is 3.07. The van der Waals surface area contributed by atoms with Gasteiger partial charge in [0.15, 0.2) is 12.4 Å². The third-order valence-electron chi connectivity index (χ3n) is 6.90.